The highest BCUT2D eigenvalue weighted by Crippen LogP contribution is 2.21. The lowest BCUT2D eigenvalue weighted by Gasteiger charge is -2.15. The minimum absolute atomic E-state index is 0.0929. The highest BCUT2D eigenvalue weighted by molar-refractivity contribution is 5.62. The third-order valence-electron chi connectivity index (χ3n) is 3.54. The second-order valence-electron chi connectivity index (χ2n) is 4.86. The molecule has 22 heavy (non-hydrogen) atoms. The minimum Gasteiger partial charge on any atom is -0.291 e. The van der Waals surface area contributed by atoms with Crippen molar-refractivity contribution < 1.29 is 5.21 Å². The Balaban J connectivity index is 2.75. The van der Waals surface area contributed by atoms with E-state index in [2.05, 4.69) is 16.4 Å². The molecule has 2 rings (SSSR count). The summed E-state index contributed by atoms with van der Waals surface area (Å²) in [5.41, 5.74) is 4.75. The lowest BCUT2D eigenvalue weighted by molar-refractivity contribution is 0.389. The van der Waals surface area contributed by atoms with Gasteiger partial charge in [-0.05, 0) is 25.0 Å². The fourth-order valence-corrected chi connectivity index (χ4v) is 2.47. The first-order valence-corrected chi connectivity index (χ1v) is 7.22. The summed E-state index contributed by atoms with van der Waals surface area (Å²) in [5, 5.41) is 9.05. The van der Waals surface area contributed by atoms with Crippen molar-refractivity contribution in [3.8, 4) is 23.7 Å². The molecule has 1 aromatic carbocycles. The molecule has 0 atom stereocenters. The largest absolute Gasteiger partial charge is 0.291 e. The van der Waals surface area contributed by atoms with Gasteiger partial charge in [0.2, 0.25) is 0 Å². The summed E-state index contributed by atoms with van der Waals surface area (Å²) in [4.78, 5) is 17.3. The number of nitrogens with zero attached hydrogens (tertiary/aromatic N) is 2. The molecule has 114 valence electrons. The Labute approximate surface area is 129 Å². The van der Waals surface area contributed by atoms with E-state index in [1.54, 1.807) is 18.2 Å². The number of benzene rings is 1. The molecule has 5 nitrogen and oxygen atoms in total. The molecule has 0 fully saturated rings. The number of rotatable bonds is 5. The first-order valence-electron chi connectivity index (χ1n) is 7.22. The normalized spacial score (nSPS) is 10.3. The van der Waals surface area contributed by atoms with E-state index in [0.717, 1.165) is 11.3 Å². The van der Waals surface area contributed by atoms with Crippen molar-refractivity contribution in [2.45, 2.75) is 33.2 Å². The summed E-state index contributed by atoms with van der Waals surface area (Å²) < 4.78 is 1.51. The molecule has 0 saturated heterocycles. The van der Waals surface area contributed by atoms with Gasteiger partial charge in [-0.1, -0.05) is 31.9 Å². The number of anilines is 1. The lowest BCUT2D eigenvalue weighted by atomic mass is 10.1. The monoisotopic (exact) mass is 297 g/mol. The molecule has 0 bridgehead atoms. The fourth-order valence-electron chi connectivity index (χ4n) is 2.47. The molecule has 0 amide bonds. The third-order valence-corrected chi connectivity index (χ3v) is 3.54. The van der Waals surface area contributed by atoms with E-state index in [1.165, 1.54) is 4.57 Å². The van der Waals surface area contributed by atoms with Crippen molar-refractivity contribution in [3.05, 3.63) is 45.9 Å². The Morgan fingerprint density at radius 3 is 2.73 bits per heavy atom. The van der Waals surface area contributed by atoms with Crippen LogP contribution in [0.3, 0.4) is 0 Å². The van der Waals surface area contributed by atoms with Gasteiger partial charge in [0.1, 0.15) is 5.82 Å². The number of aromatic nitrogens is 2. The molecule has 1 heterocycles. The summed E-state index contributed by atoms with van der Waals surface area (Å²) in [7, 11) is 0. The fraction of sp³-hybridized carbons (Fsp3) is 0.294. The Bertz CT molecular complexity index is 772. The number of hydrogen-bond acceptors (Lipinski definition) is 4. The van der Waals surface area contributed by atoms with Crippen LogP contribution in [0, 0.1) is 12.3 Å². The predicted molar refractivity (Wildman–Crippen MR) is 86.9 cm³/mol. The van der Waals surface area contributed by atoms with Gasteiger partial charge in [-0.25, -0.2) is 4.98 Å². The van der Waals surface area contributed by atoms with Gasteiger partial charge in [-0.2, -0.15) is 0 Å². The SMILES string of the molecule is C#CCn1c(-c2cccc(NO)c2)nc(CC)c(CC)c1=O. The van der Waals surface area contributed by atoms with Crippen LogP contribution < -0.4 is 11.0 Å². The summed E-state index contributed by atoms with van der Waals surface area (Å²) in [6.07, 6.45) is 6.71. The van der Waals surface area contributed by atoms with E-state index in [-0.39, 0.29) is 12.1 Å². The molecule has 0 unspecified atom stereocenters. The van der Waals surface area contributed by atoms with Crippen LogP contribution in [0.4, 0.5) is 5.69 Å². The third kappa shape index (κ3) is 2.87. The molecule has 0 radical (unpaired) electrons. The van der Waals surface area contributed by atoms with Gasteiger partial charge in [0, 0.05) is 11.1 Å². The smallest absolute Gasteiger partial charge is 0.258 e. The van der Waals surface area contributed by atoms with E-state index in [0.29, 0.717) is 29.9 Å². The number of aryl methyl sites for hydroxylation is 1. The minimum atomic E-state index is -0.0929. The molecule has 0 aliphatic carbocycles. The molecule has 2 aromatic rings. The van der Waals surface area contributed by atoms with E-state index < -0.39 is 0 Å². The van der Waals surface area contributed by atoms with Crippen LogP contribution in [0.25, 0.3) is 11.4 Å². The summed E-state index contributed by atoms with van der Waals surface area (Å²) in [5.74, 6) is 3.03. The number of terminal acetylenes is 1. The average molecular weight is 297 g/mol. The van der Waals surface area contributed by atoms with Crippen LogP contribution in [-0.4, -0.2) is 14.8 Å². The first kappa shape index (κ1) is 15.8. The predicted octanol–water partition coefficient (Wildman–Crippen LogP) is 2.47. The van der Waals surface area contributed by atoms with Gasteiger partial charge >= 0.3 is 0 Å². The number of hydrogen-bond donors (Lipinski definition) is 2. The highest BCUT2D eigenvalue weighted by Gasteiger charge is 2.15. The standard InChI is InChI=1S/C17H19N3O2/c1-4-10-20-16(12-8-7-9-13(11-12)19-22)18-15(6-3)14(5-2)17(20)21/h1,7-9,11,19,22H,5-6,10H2,2-3H3. The molecular weight excluding hydrogens is 278 g/mol. The second kappa shape index (κ2) is 6.92. The van der Waals surface area contributed by atoms with E-state index in [9.17, 15) is 4.79 Å². The van der Waals surface area contributed by atoms with E-state index in [4.69, 9.17) is 11.6 Å². The highest BCUT2D eigenvalue weighted by atomic mass is 16.5. The van der Waals surface area contributed by atoms with Crippen LogP contribution in [-0.2, 0) is 19.4 Å². The van der Waals surface area contributed by atoms with Crippen molar-refractivity contribution in [2.75, 3.05) is 5.48 Å². The molecule has 1 aromatic heterocycles. The Morgan fingerprint density at radius 1 is 1.36 bits per heavy atom. The van der Waals surface area contributed by atoms with Gasteiger partial charge in [-0.15, -0.1) is 6.42 Å². The lowest BCUT2D eigenvalue weighted by Crippen LogP contribution is -2.28. The van der Waals surface area contributed by atoms with Crippen LogP contribution in [0.15, 0.2) is 29.1 Å². The molecular formula is C17H19N3O2. The van der Waals surface area contributed by atoms with Crippen molar-refractivity contribution in [1.82, 2.24) is 9.55 Å². The Hall–Kier alpha value is -2.58. The molecule has 2 N–H and O–H groups in total. The van der Waals surface area contributed by atoms with Crippen LogP contribution in [0.5, 0.6) is 0 Å². The maximum Gasteiger partial charge on any atom is 0.258 e. The van der Waals surface area contributed by atoms with Crippen molar-refractivity contribution >= 4 is 5.69 Å². The maximum atomic E-state index is 12.7. The molecule has 0 aliphatic rings. The number of nitrogens with one attached hydrogen (secondary N) is 1. The van der Waals surface area contributed by atoms with Gasteiger partial charge in [0.15, 0.2) is 0 Å². The topological polar surface area (TPSA) is 67.2 Å². The van der Waals surface area contributed by atoms with Crippen molar-refractivity contribution in [3.63, 3.8) is 0 Å². The van der Waals surface area contributed by atoms with E-state index in [1.807, 2.05) is 19.9 Å². The Morgan fingerprint density at radius 2 is 2.14 bits per heavy atom. The second-order valence-corrected chi connectivity index (χ2v) is 4.86. The van der Waals surface area contributed by atoms with Gasteiger partial charge in [-0.3, -0.25) is 20.0 Å². The average Bonchev–Trinajstić information content (AvgIpc) is 2.56. The van der Waals surface area contributed by atoms with Crippen molar-refractivity contribution in [1.29, 1.82) is 0 Å². The zero-order chi connectivity index (χ0) is 16.1. The maximum absolute atomic E-state index is 12.7. The van der Waals surface area contributed by atoms with Gasteiger partial charge < -0.3 is 0 Å². The summed E-state index contributed by atoms with van der Waals surface area (Å²) >= 11 is 0. The molecule has 0 spiro atoms. The quantitative estimate of drug-likeness (QED) is 0.657. The van der Waals surface area contributed by atoms with Crippen LogP contribution in [0.2, 0.25) is 0 Å². The zero-order valence-corrected chi connectivity index (χ0v) is 12.8. The van der Waals surface area contributed by atoms with Crippen LogP contribution >= 0.6 is 0 Å². The summed E-state index contributed by atoms with van der Waals surface area (Å²) in [6, 6.07) is 7.05. The van der Waals surface area contributed by atoms with Gasteiger partial charge in [0.05, 0.1) is 17.9 Å². The molecule has 0 aliphatic heterocycles. The van der Waals surface area contributed by atoms with Crippen LogP contribution in [0.1, 0.15) is 25.1 Å². The summed E-state index contributed by atoms with van der Waals surface area (Å²) in [6.45, 7) is 4.07. The Kier molecular flexibility index (Phi) is 4.97. The van der Waals surface area contributed by atoms with Gasteiger partial charge in [0.25, 0.3) is 5.56 Å². The first-order chi connectivity index (χ1) is 10.7. The zero-order valence-electron chi connectivity index (χ0n) is 12.8. The van der Waals surface area contributed by atoms with Crippen molar-refractivity contribution in [2.24, 2.45) is 0 Å². The molecule has 5 heteroatoms. The molecule has 0 saturated carbocycles. The van der Waals surface area contributed by atoms with E-state index >= 15 is 0 Å².